The van der Waals surface area contributed by atoms with Gasteiger partial charge in [-0.3, -0.25) is 4.79 Å². The molecular weight excluding hydrogens is 408 g/mol. The number of ether oxygens (including phenoxy) is 1. The van der Waals surface area contributed by atoms with E-state index in [1.165, 1.54) is 12.8 Å². The third-order valence-electron chi connectivity index (χ3n) is 6.97. The molecule has 8 heteroatoms. The Kier molecular flexibility index (Phi) is 7.75. The highest BCUT2D eigenvalue weighted by Crippen LogP contribution is 2.51. The van der Waals surface area contributed by atoms with Gasteiger partial charge in [0.25, 0.3) is 0 Å². The summed E-state index contributed by atoms with van der Waals surface area (Å²) in [5.41, 5.74) is 1.31. The van der Waals surface area contributed by atoms with E-state index >= 15 is 0 Å². The summed E-state index contributed by atoms with van der Waals surface area (Å²) in [5.74, 6) is 0.740. The van der Waals surface area contributed by atoms with Crippen LogP contribution in [0.15, 0.2) is 6.20 Å². The number of hydrogen-bond donors (Lipinski definition) is 1. The average Bonchev–Trinajstić information content (AvgIpc) is 2.71. The second-order valence-corrected chi connectivity index (χ2v) is 9.57. The number of likely N-dealkylation sites (tertiary alicyclic amines) is 2. The van der Waals surface area contributed by atoms with Crippen molar-refractivity contribution in [3.63, 3.8) is 0 Å². The summed E-state index contributed by atoms with van der Waals surface area (Å²) in [6.45, 7) is 13.2. The van der Waals surface area contributed by atoms with E-state index in [0.29, 0.717) is 23.2 Å². The smallest absolute Gasteiger partial charge is 0.341 e. The number of aromatic nitrogens is 2. The Morgan fingerprint density at radius 2 is 1.84 bits per heavy atom. The van der Waals surface area contributed by atoms with Crippen LogP contribution in [0.25, 0.3) is 0 Å². The number of amides is 1. The van der Waals surface area contributed by atoms with Gasteiger partial charge in [0, 0.05) is 49.1 Å². The van der Waals surface area contributed by atoms with E-state index in [-0.39, 0.29) is 24.3 Å². The topological polar surface area (TPSA) is 95.9 Å². The van der Waals surface area contributed by atoms with Crippen molar-refractivity contribution in [2.45, 2.75) is 78.2 Å². The Hall–Kier alpha value is -2.22. The molecule has 1 aliphatic carbocycles. The maximum atomic E-state index is 11.4. The van der Waals surface area contributed by atoms with Crippen LogP contribution in [0.2, 0.25) is 0 Å². The lowest BCUT2D eigenvalue weighted by Crippen LogP contribution is -2.67. The lowest BCUT2D eigenvalue weighted by atomic mass is 9.60. The van der Waals surface area contributed by atoms with Gasteiger partial charge in [-0.05, 0) is 44.7 Å². The zero-order valence-electron chi connectivity index (χ0n) is 20.1. The van der Waals surface area contributed by atoms with Crippen LogP contribution in [0.4, 0.5) is 0 Å². The molecule has 1 aromatic rings. The van der Waals surface area contributed by atoms with Gasteiger partial charge in [0.1, 0.15) is 5.82 Å². The number of carboxylic acids is 1. The van der Waals surface area contributed by atoms with Crippen LogP contribution in [0.3, 0.4) is 0 Å². The van der Waals surface area contributed by atoms with Gasteiger partial charge in [0.2, 0.25) is 11.8 Å². The molecule has 1 N–H and O–H groups in total. The van der Waals surface area contributed by atoms with E-state index in [1.807, 2.05) is 38.8 Å². The predicted octanol–water partition coefficient (Wildman–Crippen LogP) is 3.28. The number of rotatable bonds is 6. The number of hydrogen-bond acceptors (Lipinski definition) is 6. The monoisotopic (exact) mass is 446 g/mol. The first kappa shape index (κ1) is 24.4. The van der Waals surface area contributed by atoms with Crippen molar-refractivity contribution in [2.24, 2.45) is 5.41 Å². The number of carboxylic acid groups (broad SMARTS) is 1. The molecule has 0 bridgehead atoms. The molecule has 1 saturated carbocycles. The highest BCUT2D eigenvalue weighted by molar-refractivity contribution is 5.74. The third kappa shape index (κ3) is 5.22. The van der Waals surface area contributed by atoms with Gasteiger partial charge in [-0.15, -0.1) is 0 Å². The molecule has 32 heavy (non-hydrogen) atoms. The molecule has 8 nitrogen and oxygen atoms in total. The molecule has 3 heterocycles. The molecule has 178 valence electrons. The molecule has 0 atom stereocenters. The van der Waals surface area contributed by atoms with Crippen molar-refractivity contribution in [1.29, 1.82) is 0 Å². The number of carbonyl (C=O) groups excluding carboxylic acids is 1. The average molecular weight is 447 g/mol. The first-order valence-electron chi connectivity index (χ1n) is 12.0. The van der Waals surface area contributed by atoms with E-state index in [2.05, 4.69) is 14.9 Å². The lowest BCUT2D eigenvalue weighted by molar-refractivity contribution is -0.155. The Labute approximate surface area is 191 Å². The zero-order chi connectivity index (χ0) is 23.5. The van der Waals surface area contributed by atoms with Crippen molar-refractivity contribution in [1.82, 2.24) is 19.8 Å². The summed E-state index contributed by atoms with van der Waals surface area (Å²) < 4.78 is 5.53. The number of piperidine rings is 1. The van der Waals surface area contributed by atoms with Gasteiger partial charge in [-0.2, -0.15) is 4.98 Å². The largest absolute Gasteiger partial charge is 0.479 e. The highest BCUT2D eigenvalue weighted by Gasteiger charge is 2.54. The maximum Gasteiger partial charge on any atom is 0.341 e. The normalized spacial score (nSPS) is 20.9. The van der Waals surface area contributed by atoms with Crippen LogP contribution in [0, 0.1) is 5.41 Å². The zero-order valence-corrected chi connectivity index (χ0v) is 20.1. The molecule has 0 radical (unpaired) electrons. The van der Waals surface area contributed by atoms with Crippen molar-refractivity contribution in [3.8, 4) is 5.88 Å². The van der Waals surface area contributed by atoms with Crippen molar-refractivity contribution < 1.29 is 19.4 Å². The van der Waals surface area contributed by atoms with Crippen LogP contribution < -0.4 is 4.74 Å². The van der Waals surface area contributed by atoms with E-state index in [9.17, 15) is 9.59 Å². The molecule has 2 aliphatic heterocycles. The van der Waals surface area contributed by atoms with Crippen LogP contribution >= 0.6 is 0 Å². The molecule has 1 amide bonds. The fourth-order valence-corrected chi connectivity index (χ4v) is 5.21. The molecule has 1 aromatic heterocycles. The van der Waals surface area contributed by atoms with Gasteiger partial charge < -0.3 is 19.6 Å². The molecule has 2 saturated heterocycles. The fraction of sp³-hybridized carbons (Fsp3) is 0.750. The first-order valence-corrected chi connectivity index (χ1v) is 12.0. The first-order chi connectivity index (χ1) is 15.3. The Morgan fingerprint density at radius 1 is 1.22 bits per heavy atom. The minimum atomic E-state index is -1.00. The SMILES string of the molecule is CC.CC(=O)N1CC2(CC(N3CCC(c4cnc(C(C)C)nc4OCC(=O)O)CC3)C2)C1. The van der Waals surface area contributed by atoms with E-state index in [0.717, 1.165) is 44.6 Å². The fourth-order valence-electron chi connectivity index (χ4n) is 5.21. The second-order valence-electron chi connectivity index (χ2n) is 9.57. The van der Waals surface area contributed by atoms with Gasteiger partial charge >= 0.3 is 5.97 Å². The van der Waals surface area contributed by atoms with Crippen LogP contribution in [0.1, 0.15) is 83.5 Å². The van der Waals surface area contributed by atoms with Gasteiger partial charge in [-0.25, -0.2) is 9.78 Å². The standard InChI is InChI=1S/C22H32N4O4.C2H6/c1-14(2)20-23-10-18(21(24-20)30-11-19(28)29)16-4-6-25(7-5-16)17-8-22(9-17)12-26(13-22)15(3)27;1-2/h10,14,16-17H,4-9,11-13H2,1-3H3,(H,28,29);1-2H3. The molecule has 3 fully saturated rings. The summed E-state index contributed by atoms with van der Waals surface area (Å²) in [5, 5.41) is 9.00. The predicted molar refractivity (Wildman–Crippen MR) is 122 cm³/mol. The molecule has 1 spiro atoms. The molecule has 0 unspecified atom stereocenters. The van der Waals surface area contributed by atoms with Crippen molar-refractivity contribution >= 4 is 11.9 Å². The van der Waals surface area contributed by atoms with E-state index in [4.69, 9.17) is 9.84 Å². The van der Waals surface area contributed by atoms with Gasteiger partial charge in [0.05, 0.1) is 0 Å². The number of carbonyl (C=O) groups is 2. The van der Waals surface area contributed by atoms with Crippen LogP contribution in [-0.4, -0.2) is 75.6 Å². The van der Waals surface area contributed by atoms with E-state index < -0.39 is 5.97 Å². The second kappa shape index (κ2) is 10.1. The van der Waals surface area contributed by atoms with Gasteiger partial charge in [0.15, 0.2) is 6.61 Å². The Bertz CT molecular complexity index is 806. The van der Waals surface area contributed by atoms with Crippen LogP contribution in [-0.2, 0) is 9.59 Å². The molecule has 4 rings (SSSR count). The number of aliphatic carboxylic acids is 1. The summed E-state index contributed by atoms with van der Waals surface area (Å²) in [6, 6.07) is 0.627. The van der Waals surface area contributed by atoms with Crippen molar-refractivity contribution in [3.05, 3.63) is 17.6 Å². The summed E-state index contributed by atoms with van der Waals surface area (Å²) >= 11 is 0. The Morgan fingerprint density at radius 3 is 2.38 bits per heavy atom. The van der Waals surface area contributed by atoms with Crippen molar-refractivity contribution in [2.75, 3.05) is 32.8 Å². The quantitative estimate of drug-likeness (QED) is 0.716. The molecule has 0 aromatic carbocycles. The molecular formula is C24H38N4O4. The highest BCUT2D eigenvalue weighted by atomic mass is 16.5. The lowest BCUT2D eigenvalue weighted by Gasteiger charge is -2.61. The Balaban J connectivity index is 0.00000141. The van der Waals surface area contributed by atoms with E-state index in [1.54, 1.807) is 6.92 Å². The number of nitrogens with zero attached hydrogens (tertiary/aromatic N) is 4. The maximum absolute atomic E-state index is 11.4. The summed E-state index contributed by atoms with van der Waals surface area (Å²) in [6.07, 6.45) is 6.22. The minimum Gasteiger partial charge on any atom is -0.479 e. The summed E-state index contributed by atoms with van der Waals surface area (Å²) in [7, 11) is 0. The summed E-state index contributed by atoms with van der Waals surface area (Å²) in [4.78, 5) is 36.0. The minimum absolute atomic E-state index is 0.157. The van der Waals surface area contributed by atoms with Gasteiger partial charge in [-0.1, -0.05) is 27.7 Å². The van der Waals surface area contributed by atoms with Crippen LogP contribution in [0.5, 0.6) is 5.88 Å². The third-order valence-corrected chi connectivity index (χ3v) is 6.97. The molecule has 3 aliphatic rings.